The first-order valence-electron chi connectivity index (χ1n) is 14.4. The summed E-state index contributed by atoms with van der Waals surface area (Å²) in [5.74, 6) is 0. The minimum absolute atomic E-state index is 0.512. The lowest BCUT2D eigenvalue weighted by Crippen LogP contribution is -2.43. The summed E-state index contributed by atoms with van der Waals surface area (Å²) < 4.78 is 0. The van der Waals surface area contributed by atoms with Crippen molar-refractivity contribution in [1.82, 2.24) is 24.8 Å². The fourth-order valence-electron chi connectivity index (χ4n) is 6.23. The van der Waals surface area contributed by atoms with E-state index in [2.05, 4.69) is 68.4 Å². The first-order valence-corrected chi connectivity index (χ1v) is 14.4. The molecule has 0 unspecified atom stereocenters. The van der Waals surface area contributed by atoms with Crippen LogP contribution >= 0.6 is 0 Å². The highest BCUT2D eigenvalue weighted by Gasteiger charge is 2.26. The highest BCUT2D eigenvalue weighted by molar-refractivity contribution is 5.90. The third kappa shape index (κ3) is 5.51. The Hall–Kier alpha value is -3.99. The summed E-state index contributed by atoms with van der Waals surface area (Å²) in [6, 6.07) is 15.5. The molecule has 7 nitrogen and oxygen atoms in total. The molecule has 0 aliphatic carbocycles. The third-order valence-electron chi connectivity index (χ3n) is 8.55. The number of rotatable bonds is 7. The largest absolute Gasteiger partial charge is 0.361 e. The Balaban J connectivity index is 1.20. The summed E-state index contributed by atoms with van der Waals surface area (Å²) in [5, 5.41) is 14.6. The summed E-state index contributed by atoms with van der Waals surface area (Å²) in [6.07, 6.45) is 12.9. The number of aryl methyl sites for hydroxylation is 2. The normalized spacial score (nSPS) is 17.1. The molecule has 40 heavy (non-hydrogen) atoms. The van der Waals surface area contributed by atoms with Crippen molar-refractivity contribution in [3.8, 4) is 6.07 Å². The lowest BCUT2D eigenvalue weighted by Gasteiger charge is -2.36. The van der Waals surface area contributed by atoms with E-state index >= 15 is 0 Å². The number of fused-ring (bicyclic) bond motifs is 1. The van der Waals surface area contributed by atoms with Gasteiger partial charge in [-0.3, -0.25) is 14.9 Å². The minimum Gasteiger partial charge on any atom is -0.361 e. The Morgan fingerprint density at radius 3 is 2.67 bits per heavy atom. The maximum absolute atomic E-state index is 9.90. The summed E-state index contributed by atoms with van der Waals surface area (Å²) in [6.45, 7) is 9.79. The average molecular weight is 532 g/mol. The van der Waals surface area contributed by atoms with Crippen LogP contribution in [0.25, 0.3) is 23.1 Å². The van der Waals surface area contributed by atoms with Gasteiger partial charge in [0.2, 0.25) is 0 Å². The molecule has 2 aliphatic heterocycles. The molecule has 5 heterocycles. The van der Waals surface area contributed by atoms with Crippen molar-refractivity contribution in [1.29, 1.82) is 5.26 Å². The maximum atomic E-state index is 9.90. The minimum atomic E-state index is 0.512. The van der Waals surface area contributed by atoms with Crippen molar-refractivity contribution < 1.29 is 0 Å². The van der Waals surface area contributed by atoms with Gasteiger partial charge in [0.05, 0.1) is 22.6 Å². The molecule has 204 valence electrons. The van der Waals surface area contributed by atoms with Crippen molar-refractivity contribution in [2.24, 2.45) is 0 Å². The molecule has 7 heteroatoms. The maximum Gasteiger partial charge on any atom is 0.103 e. The number of H-pyrrole nitrogens is 1. The standard InChI is InChI=1S/C33H37N7/c1-23-29-12-15-35-32(29)11-10-31(23)38-33-25(20-34)21-36-24(2)30(33)9-8-26-6-5-7-27(37-26)22-39-18-13-28(14-19-39)40-16-3-4-17-40/h5-12,15,21,28,35H,3-4,13-14,16-19,22H2,1-2H3,(H,36,38). The van der Waals surface area contributed by atoms with E-state index in [4.69, 9.17) is 4.98 Å². The van der Waals surface area contributed by atoms with Gasteiger partial charge in [0, 0.05) is 65.9 Å². The van der Waals surface area contributed by atoms with Gasteiger partial charge in [0.25, 0.3) is 0 Å². The lowest BCUT2D eigenvalue weighted by atomic mass is 10.0. The first kappa shape index (κ1) is 26.2. The number of pyridine rings is 2. The van der Waals surface area contributed by atoms with Crippen LogP contribution in [0, 0.1) is 25.2 Å². The highest BCUT2D eigenvalue weighted by Crippen LogP contribution is 2.32. The molecule has 6 rings (SSSR count). The molecule has 2 saturated heterocycles. The van der Waals surface area contributed by atoms with Gasteiger partial charge in [-0.15, -0.1) is 0 Å². The summed E-state index contributed by atoms with van der Waals surface area (Å²) in [4.78, 5) is 18.0. The fraction of sp³-hybridized carbons (Fsp3) is 0.364. The van der Waals surface area contributed by atoms with E-state index in [0.29, 0.717) is 5.56 Å². The van der Waals surface area contributed by atoms with Gasteiger partial charge in [0.15, 0.2) is 0 Å². The van der Waals surface area contributed by atoms with Crippen LogP contribution in [0.15, 0.2) is 48.8 Å². The van der Waals surface area contributed by atoms with E-state index in [1.165, 1.54) is 38.8 Å². The van der Waals surface area contributed by atoms with Crippen LogP contribution in [-0.2, 0) is 6.54 Å². The van der Waals surface area contributed by atoms with Crippen molar-refractivity contribution in [2.45, 2.75) is 52.1 Å². The number of nitriles is 1. The SMILES string of the molecule is Cc1ncc(C#N)c(Nc2ccc3[nH]ccc3c2C)c1C=Cc1cccc(CN2CCC(N3CCCC3)CC2)n1. The van der Waals surface area contributed by atoms with Gasteiger partial charge in [-0.2, -0.15) is 5.26 Å². The van der Waals surface area contributed by atoms with Crippen LogP contribution in [0.4, 0.5) is 11.4 Å². The third-order valence-corrected chi connectivity index (χ3v) is 8.55. The Labute approximate surface area is 236 Å². The second kappa shape index (κ2) is 11.6. The van der Waals surface area contributed by atoms with E-state index in [1.807, 2.05) is 31.3 Å². The van der Waals surface area contributed by atoms with Gasteiger partial charge < -0.3 is 15.2 Å². The molecule has 0 amide bonds. The van der Waals surface area contributed by atoms with Crippen molar-refractivity contribution >= 4 is 34.4 Å². The molecule has 2 N–H and O–H groups in total. The summed E-state index contributed by atoms with van der Waals surface area (Å²) >= 11 is 0. The molecule has 0 spiro atoms. The second-order valence-corrected chi connectivity index (χ2v) is 11.1. The average Bonchev–Trinajstić information content (AvgIpc) is 3.68. The number of aromatic amines is 1. The van der Waals surface area contributed by atoms with Gasteiger partial charge in [-0.1, -0.05) is 6.07 Å². The molecular weight excluding hydrogens is 494 g/mol. The second-order valence-electron chi connectivity index (χ2n) is 11.1. The lowest BCUT2D eigenvalue weighted by molar-refractivity contribution is 0.122. The first-order chi connectivity index (χ1) is 19.6. The zero-order valence-corrected chi connectivity index (χ0v) is 23.5. The summed E-state index contributed by atoms with van der Waals surface area (Å²) in [7, 11) is 0. The molecule has 1 aromatic carbocycles. The van der Waals surface area contributed by atoms with Crippen molar-refractivity contribution in [3.63, 3.8) is 0 Å². The van der Waals surface area contributed by atoms with Crippen LogP contribution in [0.2, 0.25) is 0 Å². The van der Waals surface area contributed by atoms with Gasteiger partial charge in [-0.05, 0) is 101 Å². The van der Waals surface area contributed by atoms with Crippen molar-refractivity contribution in [3.05, 3.63) is 82.6 Å². The van der Waals surface area contributed by atoms with E-state index in [1.54, 1.807) is 6.20 Å². The molecule has 4 aromatic rings. The predicted molar refractivity (Wildman–Crippen MR) is 162 cm³/mol. The Morgan fingerprint density at radius 2 is 1.88 bits per heavy atom. The molecule has 2 aliphatic rings. The highest BCUT2D eigenvalue weighted by atomic mass is 15.2. The number of benzene rings is 1. The molecule has 0 atom stereocenters. The number of hydrogen-bond donors (Lipinski definition) is 2. The Bertz CT molecular complexity index is 1560. The van der Waals surface area contributed by atoms with Crippen LogP contribution in [0.1, 0.15) is 59.5 Å². The number of piperidine rings is 1. The molecule has 0 radical (unpaired) electrons. The Kier molecular flexibility index (Phi) is 7.63. The number of aromatic nitrogens is 3. The van der Waals surface area contributed by atoms with Gasteiger partial charge >= 0.3 is 0 Å². The molecule has 2 fully saturated rings. The zero-order chi connectivity index (χ0) is 27.5. The monoisotopic (exact) mass is 531 g/mol. The number of hydrogen-bond acceptors (Lipinski definition) is 6. The van der Waals surface area contributed by atoms with Crippen LogP contribution in [-0.4, -0.2) is 57.0 Å². The van der Waals surface area contributed by atoms with Crippen LogP contribution < -0.4 is 5.32 Å². The molecular formula is C33H37N7. The van der Waals surface area contributed by atoms with Gasteiger partial charge in [-0.25, -0.2) is 0 Å². The molecule has 0 saturated carbocycles. The Morgan fingerprint density at radius 1 is 1.05 bits per heavy atom. The zero-order valence-electron chi connectivity index (χ0n) is 23.5. The van der Waals surface area contributed by atoms with E-state index in [-0.39, 0.29) is 0 Å². The number of nitrogens with zero attached hydrogens (tertiary/aromatic N) is 5. The van der Waals surface area contributed by atoms with Crippen LogP contribution in [0.5, 0.6) is 0 Å². The molecule has 3 aromatic heterocycles. The number of anilines is 2. The fourth-order valence-corrected chi connectivity index (χ4v) is 6.23. The molecule has 0 bridgehead atoms. The topological polar surface area (TPSA) is 83.9 Å². The number of nitrogens with one attached hydrogen (secondary N) is 2. The van der Waals surface area contributed by atoms with E-state index < -0.39 is 0 Å². The quantitative estimate of drug-likeness (QED) is 0.286. The summed E-state index contributed by atoms with van der Waals surface area (Å²) in [5.41, 5.74) is 8.22. The smallest absolute Gasteiger partial charge is 0.103 e. The van der Waals surface area contributed by atoms with Gasteiger partial charge in [0.1, 0.15) is 6.07 Å². The van der Waals surface area contributed by atoms with E-state index in [9.17, 15) is 5.26 Å². The van der Waals surface area contributed by atoms with Crippen molar-refractivity contribution in [2.75, 3.05) is 31.5 Å². The van der Waals surface area contributed by atoms with E-state index in [0.717, 1.165) is 76.2 Å². The predicted octanol–water partition coefficient (Wildman–Crippen LogP) is 6.42. The number of likely N-dealkylation sites (tertiary alicyclic amines) is 2. The van der Waals surface area contributed by atoms with Crippen LogP contribution in [0.3, 0.4) is 0 Å².